The van der Waals surface area contributed by atoms with Gasteiger partial charge in [0.25, 0.3) is 5.91 Å². The molecule has 6 nitrogen and oxygen atoms in total. The van der Waals surface area contributed by atoms with Gasteiger partial charge < -0.3 is 15.2 Å². The quantitative estimate of drug-likeness (QED) is 0.883. The van der Waals surface area contributed by atoms with Crippen LogP contribution >= 0.6 is 11.3 Å². The van der Waals surface area contributed by atoms with Gasteiger partial charge in [-0.1, -0.05) is 6.07 Å². The van der Waals surface area contributed by atoms with Gasteiger partial charge in [0.15, 0.2) is 0 Å². The Balaban J connectivity index is 2.03. The topological polar surface area (TPSA) is 88.5 Å². The number of nitrogens with one attached hydrogen (secondary N) is 1. The first-order valence-electron chi connectivity index (χ1n) is 6.13. The molecule has 1 amide bonds. The lowest BCUT2D eigenvalue weighted by Gasteiger charge is -2.05. The molecule has 7 heteroatoms. The van der Waals surface area contributed by atoms with E-state index in [2.05, 4.69) is 10.3 Å². The van der Waals surface area contributed by atoms with E-state index in [1.54, 1.807) is 31.2 Å². The van der Waals surface area contributed by atoms with Crippen molar-refractivity contribution in [3.8, 4) is 5.75 Å². The number of nitrogens with zero attached hydrogens (tertiary/aromatic N) is 1. The second-order valence-corrected chi connectivity index (χ2v) is 5.33. The molecule has 0 fully saturated rings. The highest BCUT2D eigenvalue weighted by atomic mass is 32.1. The van der Waals surface area contributed by atoms with Gasteiger partial charge in [-0.05, 0) is 25.1 Å². The standard InChI is InChI=1S/C14H14N2O4S/c1-8-12(14(18)19)21-11(16-8)7-15-13(17)9-4-3-5-10(6-9)20-2/h3-6H,7H2,1-2H3,(H,15,17)(H,18,19). The van der Waals surface area contributed by atoms with Crippen LogP contribution in [0, 0.1) is 6.92 Å². The first-order valence-corrected chi connectivity index (χ1v) is 6.94. The third kappa shape index (κ3) is 3.57. The first kappa shape index (κ1) is 15.0. The lowest BCUT2D eigenvalue weighted by Crippen LogP contribution is -2.22. The van der Waals surface area contributed by atoms with Crippen molar-refractivity contribution in [1.29, 1.82) is 0 Å². The van der Waals surface area contributed by atoms with E-state index in [4.69, 9.17) is 9.84 Å². The fraction of sp³-hybridized carbons (Fsp3) is 0.214. The maximum absolute atomic E-state index is 12.0. The second kappa shape index (κ2) is 6.36. The van der Waals surface area contributed by atoms with Crippen LogP contribution in [0.4, 0.5) is 0 Å². The highest BCUT2D eigenvalue weighted by Gasteiger charge is 2.14. The summed E-state index contributed by atoms with van der Waals surface area (Å²) in [5, 5.41) is 12.2. The Morgan fingerprint density at radius 3 is 2.81 bits per heavy atom. The Kier molecular flexibility index (Phi) is 4.54. The van der Waals surface area contributed by atoms with Crippen molar-refractivity contribution < 1.29 is 19.4 Å². The molecular weight excluding hydrogens is 292 g/mol. The molecule has 0 saturated heterocycles. The smallest absolute Gasteiger partial charge is 0.347 e. The lowest BCUT2D eigenvalue weighted by molar-refractivity contribution is 0.0701. The van der Waals surface area contributed by atoms with Gasteiger partial charge in [0.05, 0.1) is 19.3 Å². The number of amides is 1. The summed E-state index contributed by atoms with van der Waals surface area (Å²) in [6.07, 6.45) is 0. The van der Waals surface area contributed by atoms with Crippen molar-refractivity contribution >= 4 is 23.2 Å². The zero-order valence-corrected chi connectivity index (χ0v) is 12.4. The number of carbonyl (C=O) groups excluding carboxylic acids is 1. The summed E-state index contributed by atoms with van der Waals surface area (Å²) >= 11 is 1.06. The predicted octanol–water partition coefficient (Wildman–Crippen LogP) is 2.09. The maximum Gasteiger partial charge on any atom is 0.347 e. The fourth-order valence-electron chi connectivity index (χ4n) is 1.75. The van der Waals surface area contributed by atoms with Crippen LogP contribution in [-0.4, -0.2) is 29.1 Å². The molecule has 0 unspecified atom stereocenters. The number of carboxylic acids is 1. The molecule has 2 N–H and O–H groups in total. The summed E-state index contributed by atoms with van der Waals surface area (Å²) in [5.41, 5.74) is 0.930. The van der Waals surface area contributed by atoms with Crippen molar-refractivity contribution in [2.45, 2.75) is 13.5 Å². The molecule has 0 radical (unpaired) electrons. The van der Waals surface area contributed by atoms with Crippen molar-refractivity contribution in [3.63, 3.8) is 0 Å². The molecule has 1 aromatic carbocycles. The van der Waals surface area contributed by atoms with Gasteiger partial charge in [-0.15, -0.1) is 11.3 Å². The number of methoxy groups -OCH3 is 1. The van der Waals surface area contributed by atoms with Crippen LogP contribution in [0.25, 0.3) is 0 Å². The third-order valence-electron chi connectivity index (χ3n) is 2.77. The van der Waals surface area contributed by atoms with Crippen LogP contribution in [-0.2, 0) is 6.54 Å². The molecule has 1 aromatic heterocycles. The number of carbonyl (C=O) groups is 2. The summed E-state index contributed by atoms with van der Waals surface area (Å²) in [6, 6.07) is 6.78. The van der Waals surface area contributed by atoms with Crippen LogP contribution in [0.5, 0.6) is 5.75 Å². The molecule has 0 spiro atoms. The second-order valence-electron chi connectivity index (χ2n) is 4.24. The lowest BCUT2D eigenvalue weighted by atomic mass is 10.2. The number of aromatic nitrogens is 1. The Morgan fingerprint density at radius 2 is 2.19 bits per heavy atom. The van der Waals surface area contributed by atoms with Crippen LogP contribution in [0.1, 0.15) is 30.7 Å². The summed E-state index contributed by atoms with van der Waals surface area (Å²) < 4.78 is 5.06. The van der Waals surface area contributed by atoms with E-state index in [-0.39, 0.29) is 17.3 Å². The van der Waals surface area contributed by atoms with Gasteiger partial charge >= 0.3 is 5.97 Å². The number of aryl methyl sites for hydroxylation is 1. The van der Waals surface area contributed by atoms with E-state index in [9.17, 15) is 9.59 Å². The van der Waals surface area contributed by atoms with Crippen LogP contribution < -0.4 is 10.1 Å². The molecule has 0 aliphatic heterocycles. The monoisotopic (exact) mass is 306 g/mol. The van der Waals surface area contributed by atoms with E-state index in [0.717, 1.165) is 11.3 Å². The van der Waals surface area contributed by atoms with E-state index in [0.29, 0.717) is 22.0 Å². The SMILES string of the molecule is COc1cccc(C(=O)NCc2nc(C)c(C(=O)O)s2)c1. The van der Waals surface area contributed by atoms with Gasteiger partial charge in [-0.2, -0.15) is 0 Å². The van der Waals surface area contributed by atoms with Crippen LogP contribution in [0.2, 0.25) is 0 Å². The number of thiazole rings is 1. The van der Waals surface area contributed by atoms with Gasteiger partial charge in [0.2, 0.25) is 0 Å². The maximum atomic E-state index is 12.0. The predicted molar refractivity (Wildman–Crippen MR) is 78.0 cm³/mol. The Labute approximate surface area is 125 Å². The zero-order valence-electron chi connectivity index (χ0n) is 11.5. The summed E-state index contributed by atoms with van der Waals surface area (Å²) in [4.78, 5) is 27.3. The molecule has 0 atom stereocenters. The molecule has 2 rings (SSSR count). The average molecular weight is 306 g/mol. The average Bonchev–Trinajstić information content (AvgIpc) is 2.86. The van der Waals surface area contributed by atoms with Crippen molar-refractivity contribution in [1.82, 2.24) is 10.3 Å². The van der Waals surface area contributed by atoms with Crippen molar-refractivity contribution in [2.75, 3.05) is 7.11 Å². The summed E-state index contributed by atoms with van der Waals surface area (Å²) in [5.74, 6) is -0.671. The number of carboxylic acid groups (broad SMARTS) is 1. The van der Waals surface area contributed by atoms with E-state index < -0.39 is 5.97 Å². The summed E-state index contributed by atoms with van der Waals surface area (Å²) in [6.45, 7) is 1.82. The minimum atomic E-state index is -1.00. The number of ether oxygens (including phenoxy) is 1. The van der Waals surface area contributed by atoms with E-state index in [1.807, 2.05) is 0 Å². The molecule has 110 valence electrons. The Bertz CT molecular complexity index is 681. The van der Waals surface area contributed by atoms with Crippen LogP contribution in [0.15, 0.2) is 24.3 Å². The number of aromatic carboxylic acids is 1. The number of hydrogen-bond acceptors (Lipinski definition) is 5. The largest absolute Gasteiger partial charge is 0.497 e. The molecule has 0 bridgehead atoms. The van der Waals surface area contributed by atoms with Gasteiger partial charge in [-0.25, -0.2) is 9.78 Å². The van der Waals surface area contributed by atoms with E-state index >= 15 is 0 Å². The Hall–Kier alpha value is -2.41. The third-order valence-corrected chi connectivity index (χ3v) is 3.91. The molecule has 0 aliphatic carbocycles. The number of benzene rings is 1. The number of hydrogen-bond donors (Lipinski definition) is 2. The highest BCUT2D eigenvalue weighted by Crippen LogP contribution is 2.18. The normalized spacial score (nSPS) is 10.2. The molecule has 0 saturated carbocycles. The Morgan fingerprint density at radius 1 is 1.43 bits per heavy atom. The molecule has 0 aliphatic rings. The van der Waals surface area contributed by atoms with Crippen molar-refractivity contribution in [2.24, 2.45) is 0 Å². The molecule has 2 aromatic rings. The van der Waals surface area contributed by atoms with Crippen molar-refractivity contribution in [3.05, 3.63) is 45.4 Å². The molecule has 1 heterocycles. The highest BCUT2D eigenvalue weighted by molar-refractivity contribution is 7.13. The zero-order chi connectivity index (χ0) is 15.4. The molecule has 21 heavy (non-hydrogen) atoms. The first-order chi connectivity index (χ1) is 10.0. The van der Waals surface area contributed by atoms with E-state index in [1.165, 1.54) is 7.11 Å². The van der Waals surface area contributed by atoms with Crippen LogP contribution in [0.3, 0.4) is 0 Å². The van der Waals surface area contributed by atoms with Gasteiger partial charge in [0.1, 0.15) is 15.6 Å². The summed E-state index contributed by atoms with van der Waals surface area (Å²) in [7, 11) is 1.53. The fourth-order valence-corrected chi connectivity index (χ4v) is 2.59. The minimum absolute atomic E-state index is 0.189. The minimum Gasteiger partial charge on any atom is -0.497 e. The van der Waals surface area contributed by atoms with Gasteiger partial charge in [-0.3, -0.25) is 4.79 Å². The van der Waals surface area contributed by atoms with Gasteiger partial charge in [0, 0.05) is 5.56 Å². The molecular formula is C14H14N2O4S. The number of rotatable bonds is 5.